The topological polar surface area (TPSA) is 79.3 Å². The molecule has 0 fully saturated rings. The van der Waals surface area contributed by atoms with Crippen LogP contribution in [0, 0.1) is 6.92 Å². The molecule has 0 spiro atoms. The van der Waals surface area contributed by atoms with Crippen LogP contribution in [-0.4, -0.2) is 22.0 Å². The molecule has 0 saturated heterocycles. The molecule has 0 aliphatic rings. The highest BCUT2D eigenvalue weighted by atomic mass is 32.1. The van der Waals surface area contributed by atoms with Gasteiger partial charge in [0.25, 0.3) is 0 Å². The first kappa shape index (κ1) is 13.7. The van der Waals surface area contributed by atoms with Crippen LogP contribution in [0.5, 0.6) is 0 Å². The Balaban J connectivity index is 1.84. The number of aryl methyl sites for hydroxylation is 1. The van der Waals surface area contributed by atoms with E-state index in [4.69, 9.17) is 5.11 Å². The second kappa shape index (κ2) is 5.94. The molecule has 1 amide bonds. The fraction of sp³-hybridized carbons (Fsp3) is 0.250. The van der Waals surface area contributed by atoms with Crippen LogP contribution in [0.2, 0.25) is 0 Å². The van der Waals surface area contributed by atoms with E-state index >= 15 is 0 Å². The van der Waals surface area contributed by atoms with Crippen LogP contribution in [0.25, 0.3) is 0 Å². The van der Waals surface area contributed by atoms with Crippen LogP contribution in [0.15, 0.2) is 17.5 Å². The van der Waals surface area contributed by atoms with Gasteiger partial charge >= 0.3 is 5.97 Å². The van der Waals surface area contributed by atoms with Crippen molar-refractivity contribution in [3.8, 4) is 0 Å². The first-order valence-corrected chi connectivity index (χ1v) is 7.24. The number of hydrogen-bond donors (Lipinski definition) is 2. The summed E-state index contributed by atoms with van der Waals surface area (Å²) in [5.41, 5.74) is 0.0168. The molecule has 0 bridgehead atoms. The average molecular weight is 296 g/mol. The summed E-state index contributed by atoms with van der Waals surface area (Å²) < 4.78 is 0. The number of rotatable bonds is 5. The lowest BCUT2D eigenvalue weighted by atomic mass is 10.3. The van der Waals surface area contributed by atoms with Crippen LogP contribution in [0.4, 0.5) is 0 Å². The number of nitrogens with zero attached hydrogens (tertiary/aromatic N) is 1. The number of thiophene rings is 1. The van der Waals surface area contributed by atoms with Gasteiger partial charge in [-0.05, 0) is 19.1 Å². The van der Waals surface area contributed by atoms with Gasteiger partial charge in [0.05, 0.1) is 13.0 Å². The summed E-state index contributed by atoms with van der Waals surface area (Å²) in [5, 5.41) is 13.5. The molecular weight excluding hydrogens is 284 g/mol. The number of carbonyl (C=O) groups excluding carboxylic acids is 1. The zero-order valence-corrected chi connectivity index (χ0v) is 11.8. The van der Waals surface area contributed by atoms with Gasteiger partial charge in [-0.25, -0.2) is 9.78 Å². The third-order valence-electron chi connectivity index (χ3n) is 2.34. The summed E-state index contributed by atoms with van der Waals surface area (Å²) in [7, 11) is 0. The first-order chi connectivity index (χ1) is 9.04. The number of nitrogens with one attached hydrogen (secondary N) is 1. The maximum Gasteiger partial charge on any atom is 0.355 e. The number of carboxylic acid groups (broad SMARTS) is 1. The molecular formula is C12H12N2O3S2. The molecule has 0 atom stereocenters. The lowest BCUT2D eigenvalue weighted by Gasteiger charge is -2.01. The molecule has 0 aliphatic carbocycles. The standard InChI is InChI=1S/C12H12N2O3S2/c1-7-2-3-8(19-7)4-10(15)13-5-11-14-9(6-18-11)12(16)17/h2-3,6H,4-5H2,1H3,(H,13,15)(H,16,17). The molecule has 100 valence electrons. The van der Waals surface area contributed by atoms with E-state index in [0.29, 0.717) is 11.4 Å². The molecule has 2 aromatic rings. The van der Waals surface area contributed by atoms with Gasteiger partial charge in [-0.2, -0.15) is 0 Å². The van der Waals surface area contributed by atoms with E-state index in [9.17, 15) is 9.59 Å². The van der Waals surface area contributed by atoms with Gasteiger partial charge < -0.3 is 10.4 Å². The molecule has 0 aliphatic heterocycles. The van der Waals surface area contributed by atoms with Crippen molar-refractivity contribution in [2.45, 2.75) is 19.9 Å². The van der Waals surface area contributed by atoms with Gasteiger partial charge in [-0.15, -0.1) is 22.7 Å². The van der Waals surface area contributed by atoms with Crippen LogP contribution in [-0.2, 0) is 17.8 Å². The fourth-order valence-corrected chi connectivity index (χ4v) is 3.06. The maximum atomic E-state index is 11.7. The minimum absolute atomic E-state index is 0.0168. The highest BCUT2D eigenvalue weighted by Crippen LogP contribution is 2.15. The van der Waals surface area contributed by atoms with E-state index in [0.717, 1.165) is 4.88 Å². The SMILES string of the molecule is Cc1ccc(CC(=O)NCc2nc(C(=O)O)cs2)s1. The van der Waals surface area contributed by atoms with Crippen molar-refractivity contribution < 1.29 is 14.7 Å². The number of hydrogen-bond acceptors (Lipinski definition) is 5. The van der Waals surface area contributed by atoms with Crippen molar-refractivity contribution in [2.75, 3.05) is 0 Å². The predicted molar refractivity (Wildman–Crippen MR) is 73.7 cm³/mol. The summed E-state index contributed by atoms with van der Waals surface area (Å²) in [4.78, 5) is 28.4. The lowest BCUT2D eigenvalue weighted by Crippen LogP contribution is -2.24. The van der Waals surface area contributed by atoms with Crippen molar-refractivity contribution in [3.63, 3.8) is 0 Å². The van der Waals surface area contributed by atoms with Gasteiger partial charge in [0.1, 0.15) is 5.01 Å². The average Bonchev–Trinajstić information content (AvgIpc) is 2.96. The summed E-state index contributed by atoms with van der Waals surface area (Å²) in [6.45, 7) is 2.26. The van der Waals surface area contributed by atoms with Crippen LogP contribution in [0.1, 0.15) is 25.3 Å². The molecule has 19 heavy (non-hydrogen) atoms. The normalized spacial score (nSPS) is 10.4. The summed E-state index contributed by atoms with van der Waals surface area (Å²) in [5.74, 6) is -1.14. The van der Waals surface area contributed by atoms with E-state index < -0.39 is 5.97 Å². The number of amides is 1. The number of carboxylic acids is 1. The third kappa shape index (κ3) is 3.87. The van der Waals surface area contributed by atoms with E-state index in [-0.39, 0.29) is 18.1 Å². The van der Waals surface area contributed by atoms with Crippen molar-refractivity contribution in [1.29, 1.82) is 0 Å². The zero-order chi connectivity index (χ0) is 13.8. The Morgan fingerprint density at radius 1 is 1.42 bits per heavy atom. The van der Waals surface area contributed by atoms with Crippen molar-refractivity contribution in [3.05, 3.63) is 38.0 Å². The third-order valence-corrected chi connectivity index (χ3v) is 4.19. The fourth-order valence-electron chi connectivity index (χ4n) is 1.47. The molecule has 7 heteroatoms. The van der Waals surface area contributed by atoms with Gasteiger partial charge in [-0.1, -0.05) is 0 Å². The van der Waals surface area contributed by atoms with Gasteiger partial charge in [0, 0.05) is 15.1 Å². The monoisotopic (exact) mass is 296 g/mol. The smallest absolute Gasteiger partial charge is 0.355 e. The van der Waals surface area contributed by atoms with Crippen LogP contribution in [0.3, 0.4) is 0 Å². The number of carbonyl (C=O) groups is 2. The predicted octanol–water partition coefficient (Wildman–Crippen LogP) is 2.07. The molecule has 0 unspecified atom stereocenters. The second-order valence-corrected chi connectivity index (χ2v) is 6.21. The van der Waals surface area contributed by atoms with Crippen LogP contribution >= 0.6 is 22.7 Å². The summed E-state index contributed by atoms with van der Waals surface area (Å²) in [6.07, 6.45) is 0.343. The number of aromatic nitrogens is 1. The minimum atomic E-state index is -1.05. The summed E-state index contributed by atoms with van der Waals surface area (Å²) in [6, 6.07) is 3.92. The molecule has 0 saturated carbocycles. The second-order valence-electron chi connectivity index (χ2n) is 3.90. The van der Waals surface area contributed by atoms with E-state index in [2.05, 4.69) is 10.3 Å². The lowest BCUT2D eigenvalue weighted by molar-refractivity contribution is -0.120. The molecule has 0 aromatic carbocycles. The van der Waals surface area contributed by atoms with Crippen LogP contribution < -0.4 is 5.32 Å². The number of aromatic carboxylic acids is 1. The van der Waals surface area contributed by atoms with Gasteiger partial charge in [-0.3, -0.25) is 4.79 Å². The Morgan fingerprint density at radius 2 is 2.21 bits per heavy atom. The Hall–Kier alpha value is -1.73. The Bertz CT molecular complexity index is 604. The van der Waals surface area contributed by atoms with E-state index in [1.807, 2.05) is 19.1 Å². The first-order valence-electron chi connectivity index (χ1n) is 5.54. The van der Waals surface area contributed by atoms with Gasteiger partial charge in [0.2, 0.25) is 5.91 Å². The molecule has 2 N–H and O–H groups in total. The molecule has 5 nitrogen and oxygen atoms in total. The highest BCUT2D eigenvalue weighted by molar-refractivity contribution is 7.12. The minimum Gasteiger partial charge on any atom is -0.476 e. The van der Waals surface area contributed by atoms with Gasteiger partial charge in [0.15, 0.2) is 5.69 Å². The largest absolute Gasteiger partial charge is 0.476 e. The van der Waals surface area contributed by atoms with E-state index in [1.165, 1.54) is 21.6 Å². The molecule has 2 aromatic heterocycles. The maximum absolute atomic E-state index is 11.7. The highest BCUT2D eigenvalue weighted by Gasteiger charge is 2.10. The van der Waals surface area contributed by atoms with Crippen molar-refractivity contribution >= 4 is 34.6 Å². The Kier molecular flexibility index (Phi) is 4.28. The molecule has 2 heterocycles. The molecule has 0 radical (unpaired) electrons. The van der Waals surface area contributed by atoms with Crippen molar-refractivity contribution in [2.24, 2.45) is 0 Å². The van der Waals surface area contributed by atoms with E-state index in [1.54, 1.807) is 11.3 Å². The Labute approximate surface area is 117 Å². The number of thiazole rings is 1. The molecule has 2 rings (SSSR count). The zero-order valence-electron chi connectivity index (χ0n) is 10.2. The van der Waals surface area contributed by atoms with Crippen molar-refractivity contribution in [1.82, 2.24) is 10.3 Å². The quantitative estimate of drug-likeness (QED) is 0.885. The summed E-state index contributed by atoms with van der Waals surface area (Å²) >= 11 is 2.82. The Morgan fingerprint density at radius 3 is 2.79 bits per heavy atom.